The van der Waals surface area contributed by atoms with Crippen molar-refractivity contribution >= 4 is 5.91 Å². The first-order chi connectivity index (χ1) is 11.7. The molecule has 2 aromatic rings. The van der Waals surface area contributed by atoms with E-state index in [0.29, 0.717) is 12.5 Å². The highest BCUT2D eigenvalue weighted by molar-refractivity contribution is 5.81. The fourth-order valence-corrected chi connectivity index (χ4v) is 3.38. The van der Waals surface area contributed by atoms with Gasteiger partial charge >= 0.3 is 5.69 Å². The number of carbonyl (C=O) groups is 1. The molecule has 0 radical (unpaired) electrons. The molecule has 6 nitrogen and oxygen atoms in total. The van der Waals surface area contributed by atoms with Crippen LogP contribution >= 0.6 is 0 Å². The summed E-state index contributed by atoms with van der Waals surface area (Å²) in [5.74, 6) is 1.59. The second kappa shape index (κ2) is 6.26. The van der Waals surface area contributed by atoms with Gasteiger partial charge in [-0.3, -0.25) is 9.78 Å². The van der Waals surface area contributed by atoms with Crippen LogP contribution in [0.2, 0.25) is 0 Å². The average Bonchev–Trinajstić information content (AvgIpc) is 3.40. The molecule has 1 saturated carbocycles. The van der Waals surface area contributed by atoms with Gasteiger partial charge in [0.25, 0.3) is 0 Å². The number of hydrogen-bond donors (Lipinski definition) is 1. The van der Waals surface area contributed by atoms with E-state index in [-0.39, 0.29) is 17.5 Å². The largest absolute Gasteiger partial charge is 0.343 e. The molecule has 0 bridgehead atoms. The van der Waals surface area contributed by atoms with Gasteiger partial charge in [-0.1, -0.05) is 30.3 Å². The Hall–Kier alpha value is -2.37. The average molecular weight is 326 g/mol. The predicted molar refractivity (Wildman–Crippen MR) is 89.7 cm³/mol. The van der Waals surface area contributed by atoms with E-state index < -0.39 is 0 Å². The van der Waals surface area contributed by atoms with Gasteiger partial charge in [0.05, 0.1) is 6.54 Å². The second-order valence-electron chi connectivity index (χ2n) is 6.83. The van der Waals surface area contributed by atoms with Crippen molar-refractivity contribution in [2.24, 2.45) is 5.92 Å². The molecule has 4 rings (SSSR count). The van der Waals surface area contributed by atoms with Crippen molar-refractivity contribution in [3.05, 3.63) is 52.2 Å². The van der Waals surface area contributed by atoms with Gasteiger partial charge in [-0.2, -0.15) is 5.10 Å². The summed E-state index contributed by atoms with van der Waals surface area (Å²) in [5, 5.41) is 4.49. The smallest absolute Gasteiger partial charge is 0.342 e. The van der Waals surface area contributed by atoms with E-state index in [1.165, 1.54) is 4.68 Å². The summed E-state index contributed by atoms with van der Waals surface area (Å²) in [6.45, 7) is 2.02. The fraction of sp³-hybridized carbons (Fsp3) is 0.500. The number of nitrogens with one attached hydrogen (secondary N) is 1. The van der Waals surface area contributed by atoms with Crippen LogP contribution in [0.4, 0.5) is 0 Å². The van der Waals surface area contributed by atoms with Crippen molar-refractivity contribution < 1.29 is 4.79 Å². The Morgan fingerprint density at radius 2 is 1.83 bits per heavy atom. The zero-order valence-electron chi connectivity index (χ0n) is 13.6. The van der Waals surface area contributed by atoms with Crippen molar-refractivity contribution in [3.8, 4) is 0 Å². The number of aromatic amines is 1. The number of carbonyl (C=O) groups excluding carboxylic acids is 1. The molecule has 1 aliphatic heterocycles. The Morgan fingerprint density at radius 1 is 1.12 bits per heavy atom. The third-order valence-corrected chi connectivity index (χ3v) is 4.99. The molecule has 1 N–H and O–H groups in total. The Labute approximate surface area is 140 Å². The first kappa shape index (κ1) is 15.2. The molecule has 2 heterocycles. The maximum absolute atomic E-state index is 12.1. The van der Waals surface area contributed by atoms with Gasteiger partial charge in [0.2, 0.25) is 5.91 Å². The van der Waals surface area contributed by atoms with Crippen molar-refractivity contribution in [3.63, 3.8) is 0 Å². The van der Waals surface area contributed by atoms with E-state index in [1.807, 2.05) is 35.2 Å². The molecular weight excluding hydrogens is 304 g/mol. The maximum Gasteiger partial charge on any atom is 0.343 e. The third-order valence-electron chi connectivity index (χ3n) is 4.99. The van der Waals surface area contributed by atoms with Crippen LogP contribution in [0.5, 0.6) is 0 Å². The molecular formula is C18H22N4O2. The summed E-state index contributed by atoms with van der Waals surface area (Å²) in [4.78, 5) is 29.1. The Morgan fingerprint density at radius 3 is 2.50 bits per heavy atom. The summed E-state index contributed by atoms with van der Waals surface area (Å²) in [6.07, 6.45) is 3.85. The molecule has 1 aromatic heterocycles. The first-order valence-corrected chi connectivity index (χ1v) is 8.70. The quantitative estimate of drug-likeness (QED) is 0.930. The lowest BCUT2D eigenvalue weighted by Gasteiger charge is -2.31. The van der Waals surface area contributed by atoms with Gasteiger partial charge in [-0.25, -0.2) is 9.48 Å². The Kier molecular flexibility index (Phi) is 3.96. The van der Waals surface area contributed by atoms with Gasteiger partial charge in [0.15, 0.2) is 0 Å². The number of aromatic nitrogens is 3. The van der Waals surface area contributed by atoms with Crippen LogP contribution in [-0.4, -0.2) is 38.7 Å². The van der Waals surface area contributed by atoms with Gasteiger partial charge in [0, 0.05) is 24.9 Å². The standard InChI is InChI=1S/C18H22N4O2/c23-17(15-6-7-15)21-10-8-14(9-11-21)16-19-18(24)22(20-16)12-13-4-2-1-3-5-13/h1-5,14-15H,6-12H2,(H,19,20,24). The van der Waals surface area contributed by atoms with Gasteiger partial charge in [-0.15, -0.1) is 0 Å². The number of benzene rings is 1. The van der Waals surface area contributed by atoms with Crippen molar-refractivity contribution in [1.29, 1.82) is 0 Å². The zero-order chi connectivity index (χ0) is 16.5. The number of amides is 1. The molecule has 1 aliphatic carbocycles. The molecule has 2 aliphatic rings. The van der Waals surface area contributed by atoms with Crippen LogP contribution in [0.1, 0.15) is 43.0 Å². The van der Waals surface area contributed by atoms with E-state index in [2.05, 4.69) is 10.1 Å². The zero-order valence-corrected chi connectivity index (χ0v) is 13.6. The number of H-pyrrole nitrogens is 1. The number of piperidine rings is 1. The molecule has 1 saturated heterocycles. The van der Waals surface area contributed by atoms with E-state index in [4.69, 9.17) is 0 Å². The number of rotatable bonds is 4. The van der Waals surface area contributed by atoms with E-state index >= 15 is 0 Å². The molecule has 24 heavy (non-hydrogen) atoms. The Bertz CT molecular complexity index is 768. The number of likely N-dealkylation sites (tertiary alicyclic amines) is 1. The van der Waals surface area contributed by atoms with E-state index in [9.17, 15) is 9.59 Å². The van der Waals surface area contributed by atoms with Crippen LogP contribution in [0.15, 0.2) is 35.1 Å². The lowest BCUT2D eigenvalue weighted by Crippen LogP contribution is -2.39. The summed E-state index contributed by atoms with van der Waals surface area (Å²) in [5.41, 5.74) is 0.896. The molecule has 0 unspecified atom stereocenters. The van der Waals surface area contributed by atoms with Gasteiger partial charge in [0.1, 0.15) is 5.82 Å². The summed E-state index contributed by atoms with van der Waals surface area (Å²) < 4.78 is 1.49. The molecule has 0 atom stereocenters. The predicted octanol–water partition coefficient (Wildman–Crippen LogP) is 1.74. The molecule has 1 amide bonds. The highest BCUT2D eigenvalue weighted by Crippen LogP contribution is 2.33. The summed E-state index contributed by atoms with van der Waals surface area (Å²) >= 11 is 0. The molecule has 6 heteroatoms. The van der Waals surface area contributed by atoms with Crippen LogP contribution in [-0.2, 0) is 11.3 Å². The maximum atomic E-state index is 12.1. The number of nitrogens with zero attached hydrogens (tertiary/aromatic N) is 3. The molecule has 0 spiro atoms. The molecule has 126 valence electrons. The topological polar surface area (TPSA) is 71.0 Å². The summed E-state index contributed by atoms with van der Waals surface area (Å²) in [6, 6.07) is 9.85. The Balaban J connectivity index is 1.41. The van der Waals surface area contributed by atoms with Crippen LogP contribution < -0.4 is 5.69 Å². The van der Waals surface area contributed by atoms with Crippen molar-refractivity contribution in [2.45, 2.75) is 38.1 Å². The van der Waals surface area contributed by atoms with E-state index in [0.717, 1.165) is 50.2 Å². The third kappa shape index (κ3) is 3.13. The minimum Gasteiger partial charge on any atom is -0.342 e. The van der Waals surface area contributed by atoms with Gasteiger partial charge in [-0.05, 0) is 31.2 Å². The SMILES string of the molecule is O=C(C1CC1)N1CCC(c2nn(Cc3ccccc3)c(=O)[nH]2)CC1. The van der Waals surface area contributed by atoms with Crippen LogP contribution in [0.3, 0.4) is 0 Å². The highest BCUT2D eigenvalue weighted by atomic mass is 16.2. The van der Waals surface area contributed by atoms with Crippen LogP contribution in [0, 0.1) is 5.92 Å². The lowest BCUT2D eigenvalue weighted by molar-refractivity contribution is -0.133. The number of hydrogen-bond acceptors (Lipinski definition) is 3. The highest BCUT2D eigenvalue weighted by Gasteiger charge is 2.35. The second-order valence-corrected chi connectivity index (χ2v) is 6.83. The molecule has 1 aromatic carbocycles. The normalized spacial score (nSPS) is 18.8. The van der Waals surface area contributed by atoms with Crippen molar-refractivity contribution in [2.75, 3.05) is 13.1 Å². The minimum absolute atomic E-state index is 0.162. The van der Waals surface area contributed by atoms with Gasteiger partial charge < -0.3 is 4.90 Å². The molecule has 2 fully saturated rings. The summed E-state index contributed by atoms with van der Waals surface area (Å²) in [7, 11) is 0. The minimum atomic E-state index is -0.162. The van der Waals surface area contributed by atoms with Crippen molar-refractivity contribution in [1.82, 2.24) is 19.7 Å². The van der Waals surface area contributed by atoms with Crippen LogP contribution in [0.25, 0.3) is 0 Å². The first-order valence-electron chi connectivity index (χ1n) is 8.70. The lowest BCUT2D eigenvalue weighted by atomic mass is 9.96. The van der Waals surface area contributed by atoms with E-state index in [1.54, 1.807) is 0 Å². The monoisotopic (exact) mass is 326 g/mol. The fourth-order valence-electron chi connectivity index (χ4n) is 3.38.